The monoisotopic (exact) mass is 444 g/mol. The smallest absolute Gasteiger partial charge is 0.266 e. The van der Waals surface area contributed by atoms with Gasteiger partial charge in [-0.2, -0.15) is 0 Å². The van der Waals surface area contributed by atoms with Gasteiger partial charge in [-0.15, -0.1) is 4.83 Å². The van der Waals surface area contributed by atoms with Gasteiger partial charge in [0.25, 0.3) is 15.9 Å². The number of carbonyl (C=O) groups is 1. The van der Waals surface area contributed by atoms with Crippen molar-refractivity contribution in [3.05, 3.63) is 46.4 Å². The molecule has 2 aromatic rings. The van der Waals surface area contributed by atoms with Crippen LogP contribution < -0.4 is 24.5 Å². The zero-order valence-electron chi connectivity index (χ0n) is 14.2. The minimum atomic E-state index is -3.95. The van der Waals surface area contributed by atoms with Crippen LogP contribution in [0.3, 0.4) is 0 Å². The first kappa shape index (κ1) is 20.0. The molecule has 10 heteroatoms. The van der Waals surface area contributed by atoms with Crippen molar-refractivity contribution in [2.24, 2.45) is 0 Å². The number of nitrogens with one attached hydrogen (secondary N) is 2. The van der Waals surface area contributed by atoms with Gasteiger partial charge >= 0.3 is 0 Å². The number of methoxy groups -OCH3 is 3. The summed E-state index contributed by atoms with van der Waals surface area (Å²) in [5.41, 5.74) is 2.28. The molecule has 2 N–H and O–H groups in total. The number of halogens is 1. The number of ether oxygens (including phenoxy) is 3. The maximum atomic E-state index is 12.3. The molecule has 0 spiro atoms. The molecule has 0 aliphatic rings. The molecule has 0 heterocycles. The molecule has 2 rings (SSSR count). The number of hydrazine groups is 1. The lowest BCUT2D eigenvalue weighted by atomic mass is 10.1. The Balaban J connectivity index is 2.24. The summed E-state index contributed by atoms with van der Waals surface area (Å²) in [6.45, 7) is 0. The molecule has 26 heavy (non-hydrogen) atoms. The van der Waals surface area contributed by atoms with Crippen molar-refractivity contribution in [3.8, 4) is 17.2 Å². The molecule has 2 aromatic carbocycles. The van der Waals surface area contributed by atoms with Gasteiger partial charge in [0, 0.05) is 10.0 Å². The van der Waals surface area contributed by atoms with E-state index in [9.17, 15) is 13.2 Å². The third-order valence-corrected chi connectivity index (χ3v) is 5.61. The number of hydrogen-bond donors (Lipinski definition) is 2. The van der Waals surface area contributed by atoms with Crippen LogP contribution in [0.15, 0.2) is 45.8 Å². The van der Waals surface area contributed by atoms with E-state index in [1.54, 1.807) is 18.2 Å². The number of sulfonamides is 1. The summed E-state index contributed by atoms with van der Waals surface area (Å²) in [5, 5.41) is 0. The fraction of sp³-hybridized carbons (Fsp3) is 0.188. The summed E-state index contributed by atoms with van der Waals surface area (Å²) < 4.78 is 40.5. The van der Waals surface area contributed by atoms with Gasteiger partial charge in [0.1, 0.15) is 0 Å². The van der Waals surface area contributed by atoms with E-state index >= 15 is 0 Å². The average molecular weight is 445 g/mol. The van der Waals surface area contributed by atoms with Crippen molar-refractivity contribution in [2.75, 3.05) is 21.3 Å². The van der Waals surface area contributed by atoms with Crippen LogP contribution in [0.2, 0.25) is 0 Å². The topological polar surface area (TPSA) is 103 Å². The fourth-order valence-corrected chi connectivity index (χ4v) is 3.96. The van der Waals surface area contributed by atoms with Gasteiger partial charge < -0.3 is 14.2 Å². The molecule has 0 aliphatic carbocycles. The van der Waals surface area contributed by atoms with Gasteiger partial charge in [-0.25, -0.2) is 8.42 Å². The number of carbonyl (C=O) groups excluding carboxylic acids is 1. The van der Waals surface area contributed by atoms with Crippen LogP contribution in [0.1, 0.15) is 10.4 Å². The second-order valence-corrected chi connectivity index (χ2v) is 7.41. The lowest BCUT2D eigenvalue weighted by Gasteiger charge is -2.14. The highest BCUT2D eigenvalue weighted by atomic mass is 79.9. The van der Waals surface area contributed by atoms with Crippen molar-refractivity contribution < 1.29 is 27.4 Å². The van der Waals surface area contributed by atoms with Crippen LogP contribution in [-0.4, -0.2) is 35.7 Å². The normalized spacial score (nSPS) is 10.9. The Kier molecular flexibility index (Phi) is 6.46. The summed E-state index contributed by atoms with van der Waals surface area (Å²) in [6.07, 6.45) is 0. The Labute approximate surface area is 159 Å². The maximum absolute atomic E-state index is 12.3. The summed E-state index contributed by atoms with van der Waals surface area (Å²) >= 11 is 3.16. The van der Waals surface area contributed by atoms with Crippen molar-refractivity contribution in [1.82, 2.24) is 10.3 Å². The first-order valence-electron chi connectivity index (χ1n) is 7.20. The Bertz CT molecular complexity index is 892. The van der Waals surface area contributed by atoms with Crippen LogP contribution in [-0.2, 0) is 10.0 Å². The Hall–Kier alpha value is -2.30. The zero-order chi connectivity index (χ0) is 19.3. The van der Waals surface area contributed by atoms with E-state index in [0.29, 0.717) is 10.2 Å². The first-order valence-corrected chi connectivity index (χ1v) is 9.48. The van der Waals surface area contributed by atoms with Crippen molar-refractivity contribution in [1.29, 1.82) is 0 Å². The number of benzene rings is 2. The molecule has 1 amide bonds. The minimum Gasteiger partial charge on any atom is -0.493 e. The summed E-state index contributed by atoms with van der Waals surface area (Å²) in [4.78, 5) is 14.4. The summed E-state index contributed by atoms with van der Waals surface area (Å²) in [7, 11) is 0.305. The number of amides is 1. The van der Waals surface area contributed by atoms with E-state index in [2.05, 4.69) is 21.4 Å². The lowest BCUT2D eigenvalue weighted by Crippen LogP contribution is -2.41. The van der Waals surface area contributed by atoms with Crippen molar-refractivity contribution in [3.63, 3.8) is 0 Å². The van der Waals surface area contributed by atoms with Gasteiger partial charge in [-0.05, 0) is 40.2 Å². The van der Waals surface area contributed by atoms with E-state index in [4.69, 9.17) is 14.2 Å². The van der Waals surface area contributed by atoms with E-state index < -0.39 is 15.9 Å². The molecule has 0 unspecified atom stereocenters. The van der Waals surface area contributed by atoms with Crippen molar-refractivity contribution >= 4 is 31.9 Å². The molecule has 0 saturated carbocycles. The predicted octanol–water partition coefficient (Wildman–Crippen LogP) is 2.10. The quantitative estimate of drug-likeness (QED) is 0.633. The van der Waals surface area contributed by atoms with Crippen molar-refractivity contribution in [2.45, 2.75) is 4.90 Å². The molecule has 0 aromatic heterocycles. The van der Waals surface area contributed by atoms with E-state index in [-0.39, 0.29) is 22.0 Å². The van der Waals surface area contributed by atoms with E-state index in [1.165, 1.54) is 39.5 Å². The van der Waals surface area contributed by atoms with Gasteiger partial charge in [-0.3, -0.25) is 10.2 Å². The number of rotatable bonds is 7. The predicted molar refractivity (Wildman–Crippen MR) is 98.0 cm³/mol. The molecule has 0 atom stereocenters. The standard InChI is InChI=1S/C16H17BrN2O6S/c1-23-12-8-10(9-13(24-2)15(12)25-3)16(20)18-19-26(21,22)14-7-5-4-6-11(14)17/h4-9,19H,1-3H3,(H,18,20). The molecule has 0 saturated heterocycles. The molecule has 8 nitrogen and oxygen atoms in total. The Morgan fingerprint density at radius 1 is 1.00 bits per heavy atom. The van der Waals surface area contributed by atoms with Crippen LogP contribution in [0, 0.1) is 0 Å². The molecule has 0 radical (unpaired) electrons. The Morgan fingerprint density at radius 2 is 1.58 bits per heavy atom. The second kappa shape index (κ2) is 8.39. The summed E-state index contributed by atoms with van der Waals surface area (Å²) in [5.74, 6) is 0.163. The van der Waals surface area contributed by atoms with Gasteiger partial charge in [0.2, 0.25) is 5.75 Å². The maximum Gasteiger partial charge on any atom is 0.266 e. The van der Waals surface area contributed by atoms with Crippen LogP contribution in [0.5, 0.6) is 17.2 Å². The van der Waals surface area contributed by atoms with E-state index in [0.717, 1.165) is 0 Å². The minimum absolute atomic E-state index is 0.00908. The second-order valence-electron chi connectivity index (χ2n) is 4.90. The fourth-order valence-electron chi connectivity index (χ4n) is 2.12. The molecule has 140 valence electrons. The molecular formula is C16H17BrN2O6S. The molecule has 0 aliphatic heterocycles. The molecule has 0 fully saturated rings. The van der Waals surface area contributed by atoms with Crippen LogP contribution in [0.4, 0.5) is 0 Å². The van der Waals surface area contributed by atoms with Gasteiger partial charge in [-0.1, -0.05) is 12.1 Å². The number of hydrogen-bond acceptors (Lipinski definition) is 6. The highest BCUT2D eigenvalue weighted by Gasteiger charge is 2.20. The molecular weight excluding hydrogens is 428 g/mol. The highest BCUT2D eigenvalue weighted by molar-refractivity contribution is 9.10. The van der Waals surface area contributed by atoms with E-state index in [1.807, 2.05) is 4.83 Å². The largest absolute Gasteiger partial charge is 0.493 e. The Morgan fingerprint density at radius 3 is 2.08 bits per heavy atom. The highest BCUT2D eigenvalue weighted by Crippen LogP contribution is 2.38. The third-order valence-electron chi connectivity index (χ3n) is 3.35. The molecule has 0 bridgehead atoms. The lowest BCUT2D eigenvalue weighted by molar-refractivity contribution is 0.0944. The van der Waals surface area contributed by atoms with Crippen LogP contribution >= 0.6 is 15.9 Å². The SMILES string of the molecule is COc1cc(C(=O)NNS(=O)(=O)c2ccccc2Br)cc(OC)c1OC. The third kappa shape index (κ3) is 4.26. The first-order chi connectivity index (χ1) is 12.3. The zero-order valence-corrected chi connectivity index (χ0v) is 16.6. The van der Waals surface area contributed by atoms with Crippen LogP contribution in [0.25, 0.3) is 0 Å². The van der Waals surface area contributed by atoms with Gasteiger partial charge in [0.05, 0.1) is 26.2 Å². The average Bonchev–Trinajstić information content (AvgIpc) is 2.64. The van der Waals surface area contributed by atoms with Gasteiger partial charge in [0.15, 0.2) is 11.5 Å². The summed E-state index contributed by atoms with van der Waals surface area (Å²) in [6, 6.07) is 9.04.